The average Bonchev–Trinajstić information content (AvgIpc) is 2.93. The molecule has 1 rings (SSSR count). The van der Waals surface area contributed by atoms with Crippen LogP contribution in [0.2, 0.25) is 0 Å². The average molecular weight is 352 g/mol. The van der Waals surface area contributed by atoms with Crippen LogP contribution in [0.4, 0.5) is 0 Å². The maximum absolute atomic E-state index is 12.0. The van der Waals surface area contributed by atoms with E-state index in [1.54, 1.807) is 0 Å². The second kappa shape index (κ2) is 12.8. The predicted octanol–water partition coefficient (Wildman–Crippen LogP) is 3.25. The van der Waals surface area contributed by atoms with Crippen LogP contribution in [0.3, 0.4) is 0 Å². The largest absolute Gasteiger partial charge is 0.479 e. The topological polar surface area (TPSA) is 94.8 Å². The molecular formula is C20H32O5. The maximum Gasteiger partial charge on any atom is 0.332 e. The number of aliphatic carboxylic acids is 1. The molecule has 5 nitrogen and oxygen atoms in total. The molecule has 0 aromatic rings. The summed E-state index contributed by atoms with van der Waals surface area (Å²) < 4.78 is 0. The van der Waals surface area contributed by atoms with Crippen molar-refractivity contribution < 1.29 is 24.9 Å². The van der Waals surface area contributed by atoms with E-state index in [9.17, 15) is 14.7 Å². The molecule has 5 heteroatoms. The SMILES string of the molecule is O=C(O)C(O)CCC=CC[C@H]1C(=O)CC[C@@H]1C=CCCCCCCO. The van der Waals surface area contributed by atoms with Crippen molar-refractivity contribution in [3.63, 3.8) is 0 Å². The highest BCUT2D eigenvalue weighted by molar-refractivity contribution is 5.83. The number of aliphatic hydroxyl groups is 2. The van der Waals surface area contributed by atoms with Gasteiger partial charge in [0, 0.05) is 18.9 Å². The third-order valence-corrected chi connectivity index (χ3v) is 4.77. The first kappa shape index (κ1) is 21.6. The molecule has 0 aliphatic heterocycles. The van der Waals surface area contributed by atoms with Crippen molar-refractivity contribution in [3.05, 3.63) is 24.3 Å². The van der Waals surface area contributed by atoms with Crippen LogP contribution in [0.5, 0.6) is 0 Å². The number of ketones is 1. The number of carbonyl (C=O) groups excluding carboxylic acids is 1. The molecule has 1 aliphatic carbocycles. The molecule has 0 spiro atoms. The highest BCUT2D eigenvalue weighted by Gasteiger charge is 2.31. The first-order chi connectivity index (χ1) is 12.1. The number of carboxylic acids is 1. The normalized spacial score (nSPS) is 22.2. The Morgan fingerprint density at radius 1 is 1.12 bits per heavy atom. The van der Waals surface area contributed by atoms with Crippen molar-refractivity contribution in [3.8, 4) is 0 Å². The fourth-order valence-electron chi connectivity index (χ4n) is 3.21. The van der Waals surface area contributed by atoms with Crippen molar-refractivity contribution in [2.45, 2.75) is 70.3 Å². The number of allylic oxidation sites excluding steroid dienone is 4. The predicted molar refractivity (Wildman–Crippen MR) is 97.2 cm³/mol. The number of unbranched alkanes of at least 4 members (excludes halogenated alkanes) is 4. The summed E-state index contributed by atoms with van der Waals surface area (Å²) in [5, 5.41) is 26.5. The molecule has 0 aromatic carbocycles. The smallest absolute Gasteiger partial charge is 0.332 e. The lowest BCUT2D eigenvalue weighted by Gasteiger charge is -2.12. The molecule has 3 N–H and O–H groups in total. The van der Waals surface area contributed by atoms with Gasteiger partial charge in [0.1, 0.15) is 5.78 Å². The second-order valence-corrected chi connectivity index (χ2v) is 6.77. The van der Waals surface area contributed by atoms with Crippen LogP contribution >= 0.6 is 0 Å². The quantitative estimate of drug-likeness (QED) is 0.349. The van der Waals surface area contributed by atoms with E-state index in [-0.39, 0.29) is 18.9 Å². The number of hydrogen-bond donors (Lipinski definition) is 3. The van der Waals surface area contributed by atoms with Crippen LogP contribution in [0.1, 0.15) is 64.2 Å². The summed E-state index contributed by atoms with van der Waals surface area (Å²) in [6.07, 6.45) is 15.0. The van der Waals surface area contributed by atoms with E-state index in [1.165, 1.54) is 0 Å². The Morgan fingerprint density at radius 2 is 1.88 bits per heavy atom. The minimum atomic E-state index is -1.31. The van der Waals surface area contributed by atoms with Gasteiger partial charge in [-0.15, -0.1) is 0 Å². The summed E-state index contributed by atoms with van der Waals surface area (Å²) in [7, 11) is 0. The van der Waals surface area contributed by atoms with Crippen LogP contribution in [0.15, 0.2) is 24.3 Å². The maximum atomic E-state index is 12.0. The van der Waals surface area contributed by atoms with E-state index in [4.69, 9.17) is 10.2 Å². The standard InChI is InChI=1S/C20H32O5/c21-15-9-4-2-1-3-6-10-16-13-14-18(22)17(16)11-7-5-8-12-19(23)20(24)25/h5-7,10,16-17,19,21,23H,1-4,8-9,11-15H2,(H,24,25)/t16-,17+,19?/m0/s1. The van der Waals surface area contributed by atoms with Gasteiger partial charge in [-0.2, -0.15) is 0 Å². The fourth-order valence-corrected chi connectivity index (χ4v) is 3.21. The Labute approximate surface area is 150 Å². The molecule has 1 unspecified atom stereocenters. The first-order valence-corrected chi connectivity index (χ1v) is 9.42. The van der Waals surface area contributed by atoms with E-state index in [0.717, 1.165) is 38.5 Å². The summed E-state index contributed by atoms with van der Waals surface area (Å²) in [5.74, 6) is -0.542. The van der Waals surface area contributed by atoms with Gasteiger partial charge in [0.25, 0.3) is 0 Å². The van der Waals surface area contributed by atoms with E-state index in [1.807, 2.05) is 12.2 Å². The zero-order valence-electron chi connectivity index (χ0n) is 15.0. The van der Waals surface area contributed by atoms with Gasteiger partial charge in [-0.1, -0.05) is 37.1 Å². The van der Waals surface area contributed by atoms with Crippen LogP contribution in [-0.4, -0.2) is 39.8 Å². The number of rotatable bonds is 13. The van der Waals surface area contributed by atoms with Gasteiger partial charge in [0.2, 0.25) is 0 Å². The third-order valence-electron chi connectivity index (χ3n) is 4.77. The molecule has 1 aliphatic rings. The van der Waals surface area contributed by atoms with Gasteiger partial charge in [0.05, 0.1) is 0 Å². The zero-order chi connectivity index (χ0) is 18.5. The van der Waals surface area contributed by atoms with Crippen molar-refractivity contribution in [1.29, 1.82) is 0 Å². The van der Waals surface area contributed by atoms with Gasteiger partial charge in [0.15, 0.2) is 6.10 Å². The molecule has 0 bridgehead atoms. The summed E-state index contributed by atoms with van der Waals surface area (Å²) >= 11 is 0. The van der Waals surface area contributed by atoms with Crippen molar-refractivity contribution >= 4 is 11.8 Å². The molecule has 0 saturated heterocycles. The van der Waals surface area contributed by atoms with Crippen molar-refractivity contribution in [2.75, 3.05) is 6.61 Å². The lowest BCUT2D eigenvalue weighted by molar-refractivity contribution is -0.146. The summed E-state index contributed by atoms with van der Waals surface area (Å²) in [4.78, 5) is 22.6. The number of Topliss-reactive ketones (excluding diaryl/α,β-unsaturated/α-hetero) is 1. The molecule has 25 heavy (non-hydrogen) atoms. The summed E-state index contributed by atoms with van der Waals surface area (Å²) in [5.41, 5.74) is 0. The summed E-state index contributed by atoms with van der Waals surface area (Å²) in [6, 6.07) is 0. The van der Waals surface area contributed by atoms with Crippen LogP contribution in [0, 0.1) is 11.8 Å². The Morgan fingerprint density at radius 3 is 2.60 bits per heavy atom. The van der Waals surface area contributed by atoms with Crippen LogP contribution in [-0.2, 0) is 9.59 Å². The monoisotopic (exact) mass is 352 g/mol. The number of carboxylic acid groups (broad SMARTS) is 1. The Hall–Kier alpha value is -1.46. The second-order valence-electron chi connectivity index (χ2n) is 6.77. The lowest BCUT2D eigenvalue weighted by atomic mass is 9.91. The van der Waals surface area contributed by atoms with Crippen molar-refractivity contribution in [2.24, 2.45) is 11.8 Å². The van der Waals surface area contributed by atoms with Gasteiger partial charge < -0.3 is 15.3 Å². The molecule has 0 heterocycles. The van der Waals surface area contributed by atoms with E-state index in [2.05, 4.69) is 12.2 Å². The minimum absolute atomic E-state index is 0.0336. The van der Waals surface area contributed by atoms with Gasteiger partial charge in [-0.25, -0.2) is 4.79 Å². The first-order valence-electron chi connectivity index (χ1n) is 9.42. The van der Waals surface area contributed by atoms with Crippen molar-refractivity contribution in [1.82, 2.24) is 0 Å². The number of carbonyl (C=O) groups is 2. The molecule has 1 saturated carbocycles. The molecule has 0 amide bonds. The lowest BCUT2D eigenvalue weighted by Crippen LogP contribution is -2.18. The minimum Gasteiger partial charge on any atom is -0.479 e. The van der Waals surface area contributed by atoms with Crippen LogP contribution < -0.4 is 0 Å². The van der Waals surface area contributed by atoms with E-state index >= 15 is 0 Å². The Kier molecular flexibility index (Phi) is 11.1. The molecule has 3 atom stereocenters. The number of hydrogen-bond acceptors (Lipinski definition) is 4. The highest BCUT2D eigenvalue weighted by Crippen LogP contribution is 2.32. The van der Waals surface area contributed by atoms with Gasteiger partial charge in [-0.3, -0.25) is 4.79 Å². The highest BCUT2D eigenvalue weighted by atomic mass is 16.4. The van der Waals surface area contributed by atoms with E-state index < -0.39 is 12.1 Å². The molecule has 142 valence electrons. The Bertz CT molecular complexity index is 455. The molecule has 0 radical (unpaired) electrons. The van der Waals surface area contributed by atoms with E-state index in [0.29, 0.717) is 31.0 Å². The third kappa shape index (κ3) is 8.98. The summed E-state index contributed by atoms with van der Waals surface area (Å²) in [6.45, 7) is 0.268. The molecular weight excluding hydrogens is 320 g/mol. The fraction of sp³-hybridized carbons (Fsp3) is 0.700. The zero-order valence-corrected chi connectivity index (χ0v) is 15.0. The number of aliphatic hydroxyl groups excluding tert-OH is 2. The van der Waals surface area contributed by atoms with Gasteiger partial charge in [-0.05, 0) is 50.9 Å². The molecule has 0 aromatic heterocycles. The van der Waals surface area contributed by atoms with Crippen LogP contribution in [0.25, 0.3) is 0 Å². The van der Waals surface area contributed by atoms with Gasteiger partial charge >= 0.3 is 5.97 Å². The Balaban J connectivity index is 2.28. The molecule has 1 fully saturated rings.